The Labute approximate surface area is 191 Å². The first-order valence-corrected chi connectivity index (χ1v) is 11.5. The molecular weight excluding hydrogens is 452 g/mol. The van der Waals surface area contributed by atoms with Crippen molar-refractivity contribution in [3.8, 4) is 0 Å². The van der Waals surface area contributed by atoms with E-state index in [-0.39, 0.29) is 22.1 Å². The number of anilines is 2. The summed E-state index contributed by atoms with van der Waals surface area (Å²) in [5.41, 5.74) is 1.34. The van der Waals surface area contributed by atoms with Gasteiger partial charge >= 0.3 is 5.97 Å². The third-order valence-electron chi connectivity index (χ3n) is 4.62. The minimum atomic E-state index is -3.71. The number of carbonyl (C=O) groups excluding carboxylic acids is 2. The van der Waals surface area contributed by atoms with Gasteiger partial charge in [0.15, 0.2) is 0 Å². The lowest BCUT2D eigenvalue weighted by atomic mass is 10.1. The Morgan fingerprint density at radius 3 is 2.25 bits per heavy atom. The lowest BCUT2D eigenvalue weighted by molar-refractivity contribution is 0.0526. The van der Waals surface area contributed by atoms with E-state index in [2.05, 4.69) is 5.32 Å². The molecule has 9 heteroatoms. The Morgan fingerprint density at radius 2 is 1.66 bits per heavy atom. The highest BCUT2D eigenvalue weighted by molar-refractivity contribution is 7.92. The molecule has 0 heterocycles. The SMILES string of the molecule is CCOC(=O)c1ccc(NC(=O)c2ccc(N(C)S(=O)(=O)c3ccccc3)cc2)cc1Cl. The van der Waals surface area contributed by atoms with E-state index in [0.29, 0.717) is 16.9 Å². The molecule has 0 bridgehead atoms. The Kier molecular flexibility index (Phi) is 7.17. The van der Waals surface area contributed by atoms with Crippen LogP contribution in [0, 0.1) is 0 Å². The third-order valence-corrected chi connectivity index (χ3v) is 6.73. The number of rotatable bonds is 7. The fraction of sp³-hybridized carbons (Fsp3) is 0.130. The maximum Gasteiger partial charge on any atom is 0.339 e. The van der Waals surface area contributed by atoms with Crippen LogP contribution in [0.25, 0.3) is 0 Å². The van der Waals surface area contributed by atoms with Gasteiger partial charge < -0.3 is 10.1 Å². The summed E-state index contributed by atoms with van der Waals surface area (Å²) in [5, 5.41) is 2.85. The molecule has 0 saturated heterocycles. The van der Waals surface area contributed by atoms with Crippen molar-refractivity contribution < 1.29 is 22.7 Å². The average Bonchev–Trinajstić information content (AvgIpc) is 2.79. The maximum atomic E-state index is 12.7. The number of halogens is 1. The topological polar surface area (TPSA) is 92.8 Å². The molecule has 0 aromatic heterocycles. The Balaban J connectivity index is 1.73. The lowest BCUT2D eigenvalue weighted by Gasteiger charge is -2.19. The van der Waals surface area contributed by atoms with Crippen molar-refractivity contribution in [2.45, 2.75) is 11.8 Å². The van der Waals surface area contributed by atoms with E-state index in [0.717, 1.165) is 4.31 Å². The average molecular weight is 473 g/mol. The first-order valence-electron chi connectivity index (χ1n) is 9.66. The summed E-state index contributed by atoms with van der Waals surface area (Å²) in [6, 6.07) is 18.7. The summed E-state index contributed by atoms with van der Waals surface area (Å²) >= 11 is 6.12. The van der Waals surface area contributed by atoms with Crippen molar-refractivity contribution in [3.63, 3.8) is 0 Å². The Hall–Kier alpha value is -3.36. The molecule has 166 valence electrons. The number of sulfonamides is 1. The standard InChI is InChI=1S/C23H21ClN2O5S/c1-3-31-23(28)20-14-11-17(15-21(20)24)25-22(27)16-9-12-18(13-10-16)26(2)32(29,30)19-7-5-4-6-8-19/h4-15H,3H2,1-2H3,(H,25,27). The highest BCUT2D eigenvalue weighted by Gasteiger charge is 2.21. The van der Waals surface area contributed by atoms with Crippen LogP contribution in [-0.4, -0.2) is 33.9 Å². The van der Waals surface area contributed by atoms with Crippen LogP contribution in [0.4, 0.5) is 11.4 Å². The Bertz CT molecular complexity index is 1230. The predicted octanol–water partition coefficient (Wildman–Crippen LogP) is 4.59. The molecule has 0 radical (unpaired) electrons. The van der Waals surface area contributed by atoms with Gasteiger partial charge in [-0.15, -0.1) is 0 Å². The van der Waals surface area contributed by atoms with Gasteiger partial charge in [0.2, 0.25) is 0 Å². The van der Waals surface area contributed by atoms with Crippen LogP contribution in [-0.2, 0) is 14.8 Å². The van der Waals surface area contributed by atoms with E-state index >= 15 is 0 Å². The first kappa shape index (κ1) is 23.3. The lowest BCUT2D eigenvalue weighted by Crippen LogP contribution is -2.26. The molecule has 32 heavy (non-hydrogen) atoms. The summed E-state index contributed by atoms with van der Waals surface area (Å²) < 4.78 is 31.6. The summed E-state index contributed by atoms with van der Waals surface area (Å²) in [6.07, 6.45) is 0. The fourth-order valence-corrected chi connectivity index (χ4v) is 4.36. The number of amides is 1. The quantitative estimate of drug-likeness (QED) is 0.507. The van der Waals surface area contributed by atoms with Crippen LogP contribution < -0.4 is 9.62 Å². The van der Waals surface area contributed by atoms with Crippen molar-refractivity contribution in [1.29, 1.82) is 0 Å². The molecule has 1 amide bonds. The number of benzene rings is 3. The van der Waals surface area contributed by atoms with Gasteiger partial charge in [0.05, 0.1) is 27.8 Å². The molecule has 0 aliphatic carbocycles. The van der Waals surface area contributed by atoms with Gasteiger partial charge in [-0.25, -0.2) is 13.2 Å². The monoisotopic (exact) mass is 472 g/mol. The van der Waals surface area contributed by atoms with Crippen molar-refractivity contribution in [1.82, 2.24) is 0 Å². The molecule has 3 aromatic carbocycles. The molecule has 0 aliphatic rings. The number of ether oxygens (including phenoxy) is 1. The van der Waals surface area contributed by atoms with Crippen molar-refractivity contribution in [2.75, 3.05) is 23.3 Å². The van der Waals surface area contributed by atoms with Crippen molar-refractivity contribution in [3.05, 3.63) is 88.9 Å². The van der Waals surface area contributed by atoms with E-state index in [1.54, 1.807) is 43.3 Å². The smallest absolute Gasteiger partial charge is 0.339 e. The Morgan fingerprint density at radius 1 is 1.00 bits per heavy atom. The van der Waals surface area contributed by atoms with Gasteiger partial charge in [-0.1, -0.05) is 29.8 Å². The van der Waals surface area contributed by atoms with Crippen LogP contribution in [0.5, 0.6) is 0 Å². The summed E-state index contributed by atoms with van der Waals surface area (Å²) in [6.45, 7) is 1.92. The normalized spacial score (nSPS) is 11.0. The predicted molar refractivity (Wildman–Crippen MR) is 124 cm³/mol. The molecule has 3 aromatic rings. The number of hydrogen-bond donors (Lipinski definition) is 1. The zero-order chi connectivity index (χ0) is 23.3. The fourth-order valence-electron chi connectivity index (χ4n) is 2.88. The van der Waals surface area contributed by atoms with E-state index in [4.69, 9.17) is 16.3 Å². The van der Waals surface area contributed by atoms with Crippen LogP contribution in [0.3, 0.4) is 0 Å². The van der Waals surface area contributed by atoms with Crippen molar-refractivity contribution in [2.24, 2.45) is 0 Å². The van der Waals surface area contributed by atoms with Gasteiger partial charge in [-0.2, -0.15) is 0 Å². The largest absolute Gasteiger partial charge is 0.462 e. The highest BCUT2D eigenvalue weighted by Crippen LogP contribution is 2.24. The molecular formula is C23H21ClN2O5S. The number of nitrogens with zero attached hydrogens (tertiary/aromatic N) is 1. The number of esters is 1. The van der Waals surface area contributed by atoms with Gasteiger partial charge in [0.1, 0.15) is 0 Å². The van der Waals surface area contributed by atoms with Crippen LogP contribution in [0.2, 0.25) is 5.02 Å². The second-order valence-corrected chi connectivity index (χ2v) is 9.08. The van der Waals surface area contributed by atoms with Gasteiger partial charge in [-0.05, 0) is 61.5 Å². The molecule has 0 saturated carbocycles. The summed E-state index contributed by atoms with van der Waals surface area (Å²) in [5.74, 6) is -0.953. The molecule has 7 nitrogen and oxygen atoms in total. The zero-order valence-electron chi connectivity index (χ0n) is 17.4. The number of hydrogen-bond acceptors (Lipinski definition) is 5. The summed E-state index contributed by atoms with van der Waals surface area (Å²) in [4.78, 5) is 24.6. The minimum Gasteiger partial charge on any atom is -0.462 e. The van der Waals surface area contributed by atoms with E-state index in [9.17, 15) is 18.0 Å². The molecule has 0 unspecified atom stereocenters. The second-order valence-electron chi connectivity index (χ2n) is 6.70. The zero-order valence-corrected chi connectivity index (χ0v) is 19.0. The molecule has 3 rings (SSSR count). The van der Waals surface area contributed by atoms with E-state index in [1.807, 2.05) is 0 Å². The van der Waals surface area contributed by atoms with Crippen LogP contribution in [0.1, 0.15) is 27.6 Å². The molecule has 0 spiro atoms. The van der Waals surface area contributed by atoms with Gasteiger partial charge in [-0.3, -0.25) is 9.10 Å². The van der Waals surface area contributed by atoms with Gasteiger partial charge in [0, 0.05) is 18.3 Å². The number of carbonyl (C=O) groups is 2. The first-order chi connectivity index (χ1) is 15.2. The second kappa shape index (κ2) is 9.84. The van der Waals surface area contributed by atoms with E-state index in [1.165, 1.54) is 43.4 Å². The molecule has 0 aliphatic heterocycles. The highest BCUT2D eigenvalue weighted by atomic mass is 35.5. The maximum absolute atomic E-state index is 12.7. The molecule has 0 fully saturated rings. The number of nitrogens with one attached hydrogen (secondary N) is 1. The van der Waals surface area contributed by atoms with Crippen LogP contribution >= 0.6 is 11.6 Å². The van der Waals surface area contributed by atoms with E-state index < -0.39 is 21.9 Å². The van der Waals surface area contributed by atoms with Crippen LogP contribution in [0.15, 0.2) is 77.7 Å². The third kappa shape index (κ3) is 5.09. The van der Waals surface area contributed by atoms with Crippen molar-refractivity contribution >= 4 is 44.9 Å². The summed E-state index contributed by atoms with van der Waals surface area (Å²) in [7, 11) is -2.26. The molecule has 1 N–H and O–H groups in total. The molecule has 0 atom stereocenters. The van der Waals surface area contributed by atoms with Gasteiger partial charge in [0.25, 0.3) is 15.9 Å². The minimum absolute atomic E-state index is 0.157.